The molecule has 0 spiro atoms. The van der Waals surface area contributed by atoms with E-state index in [0.717, 1.165) is 72.4 Å². The van der Waals surface area contributed by atoms with Crippen LogP contribution < -0.4 is 0 Å². The van der Waals surface area contributed by atoms with Crippen LogP contribution in [0, 0.1) is 12.8 Å². The van der Waals surface area contributed by atoms with E-state index in [0.29, 0.717) is 11.8 Å². The summed E-state index contributed by atoms with van der Waals surface area (Å²) in [5.41, 5.74) is 4.47. The molecule has 144 valence electrons. The molecule has 5 nitrogen and oxygen atoms in total. The normalized spacial score (nSPS) is 18.0. The van der Waals surface area contributed by atoms with Gasteiger partial charge in [0.25, 0.3) is 5.91 Å². The zero-order chi connectivity index (χ0) is 19.3. The first-order valence-electron chi connectivity index (χ1n) is 10.4. The fraction of sp³-hybridized carbons (Fsp3) is 0.435. The number of fused-ring (bicyclic) bond motifs is 1. The van der Waals surface area contributed by atoms with E-state index in [4.69, 9.17) is 10.1 Å². The fourth-order valence-corrected chi connectivity index (χ4v) is 4.20. The molecule has 2 aromatic heterocycles. The smallest absolute Gasteiger partial charge is 0.254 e. The number of pyridine rings is 1. The number of likely N-dealkylation sites (tertiary alicyclic amines) is 1. The van der Waals surface area contributed by atoms with Gasteiger partial charge < -0.3 is 4.90 Å². The summed E-state index contributed by atoms with van der Waals surface area (Å²) in [6.45, 7) is 5.93. The third-order valence-corrected chi connectivity index (χ3v) is 6.13. The van der Waals surface area contributed by atoms with Crippen LogP contribution in [-0.2, 0) is 0 Å². The molecule has 1 aliphatic carbocycles. The van der Waals surface area contributed by atoms with Crippen LogP contribution in [0.2, 0.25) is 0 Å². The Hall–Kier alpha value is -2.69. The van der Waals surface area contributed by atoms with E-state index in [9.17, 15) is 4.79 Å². The molecule has 28 heavy (non-hydrogen) atoms. The summed E-state index contributed by atoms with van der Waals surface area (Å²) < 4.78 is 1.89. The number of amides is 1. The maximum absolute atomic E-state index is 13.5. The number of aromatic nitrogens is 3. The number of nitrogens with zero attached hydrogens (tertiary/aromatic N) is 4. The van der Waals surface area contributed by atoms with Crippen LogP contribution in [0.25, 0.3) is 16.7 Å². The van der Waals surface area contributed by atoms with Crippen molar-refractivity contribution in [2.75, 3.05) is 13.1 Å². The average Bonchev–Trinajstić information content (AvgIpc) is 3.52. The average molecular weight is 374 g/mol. The molecule has 3 heterocycles. The Morgan fingerprint density at radius 3 is 2.46 bits per heavy atom. The van der Waals surface area contributed by atoms with E-state index >= 15 is 0 Å². The van der Waals surface area contributed by atoms with Crippen molar-refractivity contribution >= 4 is 16.9 Å². The number of carbonyl (C=O) groups excluding carboxylic acids is 1. The van der Waals surface area contributed by atoms with Crippen molar-refractivity contribution in [2.45, 2.75) is 45.4 Å². The molecule has 1 aliphatic heterocycles. The molecular weight excluding hydrogens is 348 g/mol. The third-order valence-electron chi connectivity index (χ3n) is 6.13. The maximum Gasteiger partial charge on any atom is 0.254 e. The van der Waals surface area contributed by atoms with Gasteiger partial charge in [-0.3, -0.25) is 4.79 Å². The Bertz CT molecular complexity index is 1030. The van der Waals surface area contributed by atoms with Crippen molar-refractivity contribution in [3.8, 4) is 5.69 Å². The van der Waals surface area contributed by atoms with Gasteiger partial charge in [0.05, 0.1) is 22.3 Å². The Kier molecular flexibility index (Phi) is 4.18. The van der Waals surface area contributed by atoms with Gasteiger partial charge in [-0.05, 0) is 56.7 Å². The van der Waals surface area contributed by atoms with Crippen molar-refractivity contribution in [1.82, 2.24) is 19.7 Å². The predicted octanol–water partition coefficient (Wildman–Crippen LogP) is 4.48. The number of rotatable bonds is 3. The number of piperidine rings is 1. The molecular formula is C23H26N4O. The lowest BCUT2D eigenvalue weighted by molar-refractivity contribution is 0.0699. The zero-order valence-electron chi connectivity index (χ0n) is 16.6. The molecule has 0 unspecified atom stereocenters. The molecule has 1 saturated heterocycles. The van der Waals surface area contributed by atoms with E-state index in [1.165, 1.54) is 0 Å². The number of hydrogen-bond donors (Lipinski definition) is 0. The molecule has 3 aromatic rings. The second-order valence-electron chi connectivity index (χ2n) is 8.38. The van der Waals surface area contributed by atoms with Crippen LogP contribution >= 0.6 is 0 Å². The monoisotopic (exact) mass is 374 g/mol. The summed E-state index contributed by atoms with van der Waals surface area (Å²) in [6.07, 6.45) is 4.48. The Morgan fingerprint density at radius 2 is 1.79 bits per heavy atom. The summed E-state index contributed by atoms with van der Waals surface area (Å²) in [5.74, 6) is 1.32. The first-order valence-corrected chi connectivity index (χ1v) is 10.4. The SMILES string of the molecule is Cc1nn(-c2ccccc2)c2nc(C3CC3)cc(C(=O)N3CCC(C)CC3)c12. The topological polar surface area (TPSA) is 51.0 Å². The minimum Gasteiger partial charge on any atom is -0.339 e. The number of benzene rings is 1. The van der Waals surface area contributed by atoms with Gasteiger partial charge in [-0.15, -0.1) is 0 Å². The molecule has 2 aliphatic rings. The van der Waals surface area contributed by atoms with Gasteiger partial charge in [-0.2, -0.15) is 5.10 Å². The molecule has 5 heteroatoms. The summed E-state index contributed by atoms with van der Waals surface area (Å²) in [6, 6.07) is 12.1. The highest BCUT2D eigenvalue weighted by molar-refractivity contribution is 6.07. The van der Waals surface area contributed by atoms with Crippen molar-refractivity contribution in [1.29, 1.82) is 0 Å². The number of carbonyl (C=O) groups is 1. The number of aryl methyl sites for hydroxylation is 1. The fourth-order valence-electron chi connectivity index (χ4n) is 4.20. The van der Waals surface area contributed by atoms with Crippen molar-refractivity contribution in [3.05, 3.63) is 53.3 Å². The zero-order valence-corrected chi connectivity index (χ0v) is 16.6. The van der Waals surface area contributed by atoms with Crippen LogP contribution in [-0.4, -0.2) is 38.7 Å². The minimum atomic E-state index is 0.136. The molecule has 0 N–H and O–H groups in total. The summed E-state index contributed by atoms with van der Waals surface area (Å²) in [7, 11) is 0. The van der Waals surface area contributed by atoms with Crippen molar-refractivity contribution in [3.63, 3.8) is 0 Å². The van der Waals surface area contributed by atoms with Crippen molar-refractivity contribution < 1.29 is 4.79 Å². The Balaban J connectivity index is 1.66. The standard InChI is InChI=1S/C23H26N4O/c1-15-10-12-26(13-11-15)23(28)19-14-20(17-8-9-17)24-22-21(19)16(2)25-27(22)18-6-4-3-5-7-18/h3-7,14-15,17H,8-13H2,1-2H3. The van der Waals surface area contributed by atoms with E-state index in [-0.39, 0.29) is 5.91 Å². The Labute approximate surface area is 165 Å². The minimum absolute atomic E-state index is 0.136. The van der Waals surface area contributed by atoms with Gasteiger partial charge in [0.1, 0.15) is 0 Å². The van der Waals surface area contributed by atoms with Crippen LogP contribution in [0.4, 0.5) is 0 Å². The highest BCUT2D eigenvalue weighted by Crippen LogP contribution is 2.41. The van der Waals surface area contributed by atoms with E-state index < -0.39 is 0 Å². The molecule has 5 rings (SSSR count). The van der Waals surface area contributed by atoms with E-state index in [1.54, 1.807) is 0 Å². The molecule has 0 bridgehead atoms. The highest BCUT2D eigenvalue weighted by atomic mass is 16.2. The largest absolute Gasteiger partial charge is 0.339 e. The van der Waals surface area contributed by atoms with Crippen LogP contribution in [0.3, 0.4) is 0 Å². The van der Waals surface area contributed by atoms with Gasteiger partial charge >= 0.3 is 0 Å². The Morgan fingerprint density at radius 1 is 1.07 bits per heavy atom. The van der Waals surface area contributed by atoms with Gasteiger partial charge in [-0.1, -0.05) is 25.1 Å². The van der Waals surface area contributed by atoms with Gasteiger partial charge in [-0.25, -0.2) is 9.67 Å². The quantitative estimate of drug-likeness (QED) is 0.679. The molecule has 1 saturated carbocycles. The summed E-state index contributed by atoms with van der Waals surface area (Å²) >= 11 is 0. The third kappa shape index (κ3) is 2.99. The first kappa shape index (κ1) is 17.4. The van der Waals surface area contributed by atoms with Gasteiger partial charge in [0.2, 0.25) is 0 Å². The lowest BCUT2D eigenvalue weighted by Gasteiger charge is -2.30. The van der Waals surface area contributed by atoms with Gasteiger partial charge in [0, 0.05) is 24.7 Å². The molecule has 2 fully saturated rings. The maximum atomic E-state index is 13.5. The number of hydrogen-bond acceptors (Lipinski definition) is 3. The molecule has 0 atom stereocenters. The van der Waals surface area contributed by atoms with E-state index in [2.05, 4.69) is 6.92 Å². The number of para-hydroxylation sites is 1. The molecule has 0 radical (unpaired) electrons. The van der Waals surface area contributed by atoms with Crippen LogP contribution in [0.5, 0.6) is 0 Å². The predicted molar refractivity (Wildman–Crippen MR) is 110 cm³/mol. The molecule has 1 amide bonds. The lowest BCUT2D eigenvalue weighted by atomic mass is 9.98. The summed E-state index contributed by atoms with van der Waals surface area (Å²) in [5, 5.41) is 5.66. The van der Waals surface area contributed by atoms with Crippen LogP contribution in [0.1, 0.15) is 60.3 Å². The van der Waals surface area contributed by atoms with Gasteiger partial charge in [0.15, 0.2) is 5.65 Å². The lowest BCUT2D eigenvalue weighted by Crippen LogP contribution is -2.38. The first-order chi connectivity index (χ1) is 13.6. The van der Waals surface area contributed by atoms with E-state index in [1.807, 2.05) is 52.9 Å². The van der Waals surface area contributed by atoms with Crippen molar-refractivity contribution in [2.24, 2.45) is 5.92 Å². The summed E-state index contributed by atoms with van der Waals surface area (Å²) in [4.78, 5) is 20.5. The molecule has 1 aromatic carbocycles. The highest BCUT2D eigenvalue weighted by Gasteiger charge is 2.31. The second kappa shape index (κ2) is 6.73. The van der Waals surface area contributed by atoms with Crippen LogP contribution in [0.15, 0.2) is 36.4 Å². The second-order valence-corrected chi connectivity index (χ2v) is 8.38.